The van der Waals surface area contributed by atoms with E-state index in [4.69, 9.17) is 0 Å². The molecule has 0 amide bonds. The van der Waals surface area contributed by atoms with E-state index in [1.165, 1.54) is 0 Å². The van der Waals surface area contributed by atoms with Gasteiger partial charge in [-0.05, 0) is 36.4 Å². The first-order valence-corrected chi connectivity index (χ1v) is 7.58. The highest BCUT2D eigenvalue weighted by molar-refractivity contribution is 5.74. The largest absolute Gasteiger partial charge is 0.321 e. The van der Waals surface area contributed by atoms with Crippen LogP contribution >= 0.6 is 0 Å². The predicted octanol–water partition coefficient (Wildman–Crippen LogP) is 4.23. The number of hydrogen-bond donors (Lipinski definition) is 0. The first-order valence-electron chi connectivity index (χ1n) is 7.58. The summed E-state index contributed by atoms with van der Waals surface area (Å²) in [5.41, 5.74) is 4.19. The van der Waals surface area contributed by atoms with Crippen molar-refractivity contribution in [3.63, 3.8) is 0 Å². The van der Waals surface area contributed by atoms with Crippen LogP contribution in [0, 0.1) is 0 Å². The lowest BCUT2D eigenvalue weighted by Gasteiger charge is -2.25. The summed E-state index contributed by atoms with van der Waals surface area (Å²) in [4.78, 5) is 2.22. The molecule has 1 aromatic heterocycles. The molecule has 1 heterocycles. The Kier molecular flexibility index (Phi) is 3.48. The van der Waals surface area contributed by atoms with Crippen LogP contribution in [0.15, 0.2) is 84.9 Å². The minimum atomic E-state index is 0.606. The van der Waals surface area contributed by atoms with Gasteiger partial charge in [0.15, 0.2) is 0 Å². The third-order valence-corrected chi connectivity index (χ3v) is 3.83. The molecule has 0 aliphatic carbocycles. The Hall–Kier alpha value is -3.14. The number of rotatable bonds is 4. The van der Waals surface area contributed by atoms with Crippen molar-refractivity contribution in [2.45, 2.75) is 6.67 Å². The number of para-hydroxylation sites is 3. The molecular weight excluding hydrogens is 284 g/mol. The van der Waals surface area contributed by atoms with Gasteiger partial charge in [-0.1, -0.05) is 53.7 Å². The molecule has 0 atom stereocenters. The fraction of sp³-hybridized carbons (Fsp3) is 0.0526. The van der Waals surface area contributed by atoms with Crippen LogP contribution in [0.2, 0.25) is 0 Å². The van der Waals surface area contributed by atoms with E-state index in [0.29, 0.717) is 6.67 Å². The van der Waals surface area contributed by atoms with Gasteiger partial charge in [0.25, 0.3) is 0 Å². The van der Waals surface area contributed by atoms with Gasteiger partial charge >= 0.3 is 0 Å². The molecule has 0 N–H and O–H groups in total. The van der Waals surface area contributed by atoms with Crippen LogP contribution in [-0.2, 0) is 6.67 Å². The molecule has 0 radical (unpaired) electrons. The van der Waals surface area contributed by atoms with Crippen molar-refractivity contribution in [2.24, 2.45) is 0 Å². The predicted molar refractivity (Wildman–Crippen MR) is 92.6 cm³/mol. The number of benzene rings is 3. The van der Waals surface area contributed by atoms with Gasteiger partial charge < -0.3 is 4.90 Å². The highest BCUT2D eigenvalue weighted by Gasteiger charge is 2.12. The maximum Gasteiger partial charge on any atom is 0.119 e. The molecule has 4 nitrogen and oxygen atoms in total. The second-order valence-electron chi connectivity index (χ2n) is 5.32. The average molecular weight is 300 g/mol. The third-order valence-electron chi connectivity index (χ3n) is 3.83. The van der Waals surface area contributed by atoms with E-state index in [0.717, 1.165) is 22.4 Å². The molecule has 23 heavy (non-hydrogen) atoms. The van der Waals surface area contributed by atoms with E-state index in [9.17, 15) is 0 Å². The Morgan fingerprint density at radius 1 is 0.696 bits per heavy atom. The summed E-state index contributed by atoms with van der Waals surface area (Å²) in [6.07, 6.45) is 0. The molecule has 4 heteroatoms. The molecule has 4 aromatic rings. The summed E-state index contributed by atoms with van der Waals surface area (Å²) >= 11 is 0. The molecule has 4 rings (SSSR count). The Morgan fingerprint density at radius 2 is 1.26 bits per heavy atom. The van der Waals surface area contributed by atoms with Crippen LogP contribution in [0.25, 0.3) is 11.0 Å². The highest BCUT2D eigenvalue weighted by atomic mass is 15.5. The van der Waals surface area contributed by atoms with Crippen molar-refractivity contribution < 1.29 is 0 Å². The Morgan fingerprint density at radius 3 is 1.91 bits per heavy atom. The second-order valence-corrected chi connectivity index (χ2v) is 5.32. The first kappa shape index (κ1) is 13.5. The van der Waals surface area contributed by atoms with Gasteiger partial charge in [-0.3, -0.25) is 0 Å². The molecule has 0 saturated heterocycles. The van der Waals surface area contributed by atoms with Gasteiger partial charge in [-0.2, -0.15) is 0 Å². The lowest BCUT2D eigenvalue weighted by Crippen LogP contribution is -2.21. The lowest BCUT2D eigenvalue weighted by molar-refractivity contribution is 0.614. The van der Waals surface area contributed by atoms with E-state index < -0.39 is 0 Å². The monoisotopic (exact) mass is 300 g/mol. The fourth-order valence-electron chi connectivity index (χ4n) is 2.68. The zero-order valence-electron chi connectivity index (χ0n) is 12.6. The molecule has 0 fully saturated rings. The van der Waals surface area contributed by atoms with Crippen LogP contribution in [0.4, 0.5) is 11.4 Å². The van der Waals surface area contributed by atoms with E-state index >= 15 is 0 Å². The summed E-state index contributed by atoms with van der Waals surface area (Å²) in [6, 6.07) is 28.7. The Balaban J connectivity index is 1.77. The van der Waals surface area contributed by atoms with E-state index in [1.54, 1.807) is 0 Å². The highest BCUT2D eigenvalue weighted by Crippen LogP contribution is 2.26. The topological polar surface area (TPSA) is 34.0 Å². The molecule has 0 spiro atoms. The van der Waals surface area contributed by atoms with Gasteiger partial charge in [0.05, 0.1) is 5.52 Å². The molecule has 0 unspecified atom stereocenters. The smallest absolute Gasteiger partial charge is 0.119 e. The molecule has 0 saturated carbocycles. The maximum atomic E-state index is 4.31. The summed E-state index contributed by atoms with van der Waals surface area (Å²) in [5, 5.41) is 8.56. The van der Waals surface area contributed by atoms with Crippen molar-refractivity contribution >= 4 is 22.4 Å². The van der Waals surface area contributed by atoms with Crippen molar-refractivity contribution in [1.82, 2.24) is 15.0 Å². The second kappa shape index (κ2) is 5.93. The van der Waals surface area contributed by atoms with Gasteiger partial charge in [0.2, 0.25) is 0 Å². The molecule has 3 aromatic carbocycles. The number of anilines is 2. The zero-order valence-corrected chi connectivity index (χ0v) is 12.6. The lowest BCUT2D eigenvalue weighted by atomic mass is 10.2. The van der Waals surface area contributed by atoms with Gasteiger partial charge in [-0.15, -0.1) is 5.10 Å². The number of aromatic nitrogens is 3. The average Bonchev–Trinajstić information content (AvgIpc) is 3.04. The van der Waals surface area contributed by atoms with E-state index in [2.05, 4.69) is 39.5 Å². The zero-order chi connectivity index (χ0) is 15.5. The molecule has 112 valence electrons. The summed E-state index contributed by atoms with van der Waals surface area (Å²) in [7, 11) is 0. The minimum absolute atomic E-state index is 0.606. The van der Waals surface area contributed by atoms with Crippen molar-refractivity contribution in [2.75, 3.05) is 4.90 Å². The van der Waals surface area contributed by atoms with Crippen LogP contribution in [-0.4, -0.2) is 15.0 Å². The molecule has 0 aliphatic heterocycles. The van der Waals surface area contributed by atoms with Crippen molar-refractivity contribution in [1.29, 1.82) is 0 Å². The van der Waals surface area contributed by atoms with Crippen LogP contribution in [0.3, 0.4) is 0 Å². The number of nitrogens with zero attached hydrogens (tertiary/aromatic N) is 4. The standard InChI is InChI=1S/C19H16N4/c1-3-9-16(10-4-1)22(17-11-5-2-6-12-17)15-23-19-14-8-7-13-18(19)20-21-23/h1-14H,15H2. The van der Waals surface area contributed by atoms with Crippen LogP contribution < -0.4 is 4.90 Å². The van der Waals surface area contributed by atoms with Gasteiger partial charge in [-0.25, -0.2) is 4.68 Å². The van der Waals surface area contributed by atoms with Crippen molar-refractivity contribution in [3.05, 3.63) is 84.9 Å². The van der Waals surface area contributed by atoms with E-state index in [-0.39, 0.29) is 0 Å². The number of fused-ring (bicyclic) bond motifs is 1. The van der Waals surface area contributed by atoms with Crippen molar-refractivity contribution in [3.8, 4) is 0 Å². The third kappa shape index (κ3) is 2.66. The summed E-state index contributed by atoms with van der Waals surface area (Å²) < 4.78 is 1.93. The Labute approximate surface area is 134 Å². The van der Waals surface area contributed by atoms with Gasteiger partial charge in [0, 0.05) is 11.4 Å². The van der Waals surface area contributed by atoms with Gasteiger partial charge in [0.1, 0.15) is 12.2 Å². The number of hydrogen-bond acceptors (Lipinski definition) is 3. The molecule has 0 bridgehead atoms. The maximum absolute atomic E-state index is 4.31. The quantitative estimate of drug-likeness (QED) is 0.565. The Bertz CT molecular complexity index is 861. The molecule has 0 aliphatic rings. The SMILES string of the molecule is c1ccc(N(Cn2nnc3ccccc32)c2ccccc2)cc1. The van der Waals surface area contributed by atoms with E-state index in [1.807, 2.05) is 65.3 Å². The minimum Gasteiger partial charge on any atom is -0.321 e. The first-order chi connectivity index (χ1) is 11.4. The van der Waals surface area contributed by atoms with Crippen LogP contribution in [0.5, 0.6) is 0 Å². The fourth-order valence-corrected chi connectivity index (χ4v) is 2.68. The summed E-state index contributed by atoms with van der Waals surface area (Å²) in [6.45, 7) is 0.606. The summed E-state index contributed by atoms with van der Waals surface area (Å²) in [5.74, 6) is 0. The normalized spacial score (nSPS) is 10.8. The molecular formula is C19H16N4. The van der Waals surface area contributed by atoms with Crippen LogP contribution in [0.1, 0.15) is 0 Å².